The van der Waals surface area contributed by atoms with Crippen molar-refractivity contribution in [2.24, 2.45) is 0 Å². The van der Waals surface area contributed by atoms with Crippen LogP contribution >= 0.6 is 0 Å². The molecule has 0 heterocycles. The van der Waals surface area contributed by atoms with Crippen LogP contribution < -0.4 is 0 Å². The molecule has 4 N–H and O–H groups in total. The van der Waals surface area contributed by atoms with E-state index in [2.05, 4.69) is 0 Å². The molecule has 0 unspecified atom stereocenters. The Morgan fingerprint density at radius 1 is 1.17 bits per heavy atom. The lowest BCUT2D eigenvalue weighted by molar-refractivity contribution is -0.0910. The summed E-state index contributed by atoms with van der Waals surface area (Å²) < 4.78 is 0. The van der Waals surface area contributed by atoms with Gasteiger partial charge in [-0.2, -0.15) is 5.26 Å². The lowest BCUT2D eigenvalue weighted by Gasteiger charge is -2.29. The summed E-state index contributed by atoms with van der Waals surface area (Å²) >= 11 is 0. The van der Waals surface area contributed by atoms with Crippen molar-refractivity contribution in [1.82, 2.24) is 0 Å². The van der Waals surface area contributed by atoms with Crippen molar-refractivity contribution in [3.05, 3.63) is 11.6 Å². The predicted molar refractivity (Wildman–Crippen MR) is 37.7 cm³/mol. The first-order chi connectivity index (χ1) is 5.57. The minimum atomic E-state index is -1.50. The van der Waals surface area contributed by atoms with E-state index in [9.17, 15) is 0 Å². The molecule has 5 heteroatoms. The molecule has 0 aliphatic heterocycles. The molecule has 5 nitrogen and oxygen atoms in total. The van der Waals surface area contributed by atoms with Gasteiger partial charge in [-0.05, 0) is 6.08 Å². The Kier molecular flexibility index (Phi) is 2.45. The normalized spacial score (nSPS) is 41.8. The van der Waals surface area contributed by atoms with Crippen LogP contribution in [0.1, 0.15) is 0 Å². The fourth-order valence-electron chi connectivity index (χ4n) is 1.06. The van der Waals surface area contributed by atoms with Crippen LogP contribution in [0.25, 0.3) is 0 Å². The van der Waals surface area contributed by atoms with Crippen molar-refractivity contribution < 1.29 is 20.4 Å². The summed E-state index contributed by atoms with van der Waals surface area (Å²) in [6.45, 7) is 0. The van der Waals surface area contributed by atoms with E-state index in [1.54, 1.807) is 6.07 Å². The van der Waals surface area contributed by atoms with Crippen LogP contribution in [0.5, 0.6) is 0 Å². The summed E-state index contributed by atoms with van der Waals surface area (Å²) in [5.41, 5.74) is -0.125. The number of aliphatic hydroxyl groups is 4. The summed E-state index contributed by atoms with van der Waals surface area (Å²) in [7, 11) is 0. The van der Waals surface area contributed by atoms with Gasteiger partial charge in [-0.15, -0.1) is 0 Å². The largest absolute Gasteiger partial charge is 0.387 e. The van der Waals surface area contributed by atoms with Crippen LogP contribution in [0.3, 0.4) is 0 Å². The predicted octanol–water partition coefficient (Wildman–Crippen LogP) is -2.11. The highest BCUT2D eigenvalue weighted by molar-refractivity contribution is 5.31. The molecule has 0 spiro atoms. The fraction of sp³-hybridized carbons (Fsp3) is 0.571. The summed E-state index contributed by atoms with van der Waals surface area (Å²) in [5.74, 6) is 0. The molecule has 0 aromatic carbocycles. The van der Waals surface area contributed by atoms with E-state index in [0.717, 1.165) is 6.08 Å². The average molecular weight is 171 g/mol. The van der Waals surface area contributed by atoms with Gasteiger partial charge in [0.1, 0.15) is 24.4 Å². The highest BCUT2D eigenvalue weighted by Gasteiger charge is 2.36. The number of aliphatic hydroxyl groups excluding tert-OH is 4. The van der Waals surface area contributed by atoms with Crippen LogP contribution in [0.15, 0.2) is 11.6 Å². The maximum absolute atomic E-state index is 9.11. The van der Waals surface area contributed by atoms with Gasteiger partial charge in [0.25, 0.3) is 0 Å². The second-order valence-electron chi connectivity index (χ2n) is 2.65. The van der Waals surface area contributed by atoms with E-state index >= 15 is 0 Å². The molecule has 0 saturated heterocycles. The Balaban J connectivity index is 2.93. The molecule has 0 aromatic rings. The van der Waals surface area contributed by atoms with Gasteiger partial charge in [0.2, 0.25) is 0 Å². The van der Waals surface area contributed by atoms with E-state index in [0.29, 0.717) is 0 Å². The molecule has 0 radical (unpaired) electrons. The Morgan fingerprint density at radius 2 is 1.75 bits per heavy atom. The molecular weight excluding hydrogens is 162 g/mol. The Hall–Kier alpha value is -0.930. The molecule has 4 atom stereocenters. The molecule has 0 bridgehead atoms. The Bertz CT molecular complexity index is 244. The summed E-state index contributed by atoms with van der Waals surface area (Å²) in [4.78, 5) is 0. The van der Waals surface area contributed by atoms with Crippen molar-refractivity contribution in [3.8, 4) is 6.07 Å². The van der Waals surface area contributed by atoms with E-state index in [-0.39, 0.29) is 5.57 Å². The molecule has 66 valence electrons. The van der Waals surface area contributed by atoms with Gasteiger partial charge in [0, 0.05) is 0 Å². The van der Waals surface area contributed by atoms with Crippen molar-refractivity contribution in [3.63, 3.8) is 0 Å². The molecular formula is C7H9NO4. The smallest absolute Gasteiger partial charge is 0.117 e. The van der Waals surface area contributed by atoms with Crippen LogP contribution in [0, 0.1) is 11.3 Å². The van der Waals surface area contributed by atoms with E-state index in [4.69, 9.17) is 25.7 Å². The van der Waals surface area contributed by atoms with Crippen LogP contribution in [0.4, 0.5) is 0 Å². The van der Waals surface area contributed by atoms with Gasteiger partial charge in [0.05, 0.1) is 11.6 Å². The molecule has 1 rings (SSSR count). The Labute approximate surface area is 68.8 Å². The molecule has 0 fully saturated rings. The maximum Gasteiger partial charge on any atom is 0.117 e. The van der Waals surface area contributed by atoms with Crippen LogP contribution in [-0.2, 0) is 0 Å². The lowest BCUT2D eigenvalue weighted by Crippen LogP contribution is -2.48. The average Bonchev–Trinajstić information content (AvgIpc) is 2.08. The standard InChI is InChI=1S/C7H9NO4/c8-2-3-1-4(9)6(11)7(12)5(3)10/h1,4-7,9-12H/t4-,5+,6+,7-/m0/s1. The summed E-state index contributed by atoms with van der Waals surface area (Å²) in [6.07, 6.45) is -4.61. The molecule has 1 aliphatic carbocycles. The van der Waals surface area contributed by atoms with E-state index in [1.165, 1.54) is 0 Å². The van der Waals surface area contributed by atoms with Gasteiger partial charge >= 0.3 is 0 Å². The van der Waals surface area contributed by atoms with Gasteiger partial charge < -0.3 is 20.4 Å². The highest BCUT2D eigenvalue weighted by Crippen LogP contribution is 2.19. The van der Waals surface area contributed by atoms with E-state index in [1.807, 2.05) is 0 Å². The number of nitriles is 1. The number of nitrogens with zero attached hydrogens (tertiary/aromatic N) is 1. The monoisotopic (exact) mass is 171 g/mol. The SMILES string of the molecule is N#CC1=C[C@H](O)[C@@H](O)[C@@H](O)[C@@H]1O. The fourth-order valence-corrected chi connectivity index (χ4v) is 1.06. The number of hydrogen-bond acceptors (Lipinski definition) is 5. The van der Waals surface area contributed by atoms with E-state index < -0.39 is 24.4 Å². The second kappa shape index (κ2) is 3.21. The highest BCUT2D eigenvalue weighted by atomic mass is 16.4. The molecule has 0 saturated carbocycles. The van der Waals surface area contributed by atoms with Crippen LogP contribution in [-0.4, -0.2) is 44.8 Å². The topological polar surface area (TPSA) is 105 Å². The van der Waals surface area contributed by atoms with Crippen molar-refractivity contribution in [2.75, 3.05) is 0 Å². The van der Waals surface area contributed by atoms with Crippen molar-refractivity contribution >= 4 is 0 Å². The number of hydrogen-bond donors (Lipinski definition) is 4. The van der Waals surface area contributed by atoms with Gasteiger partial charge in [-0.3, -0.25) is 0 Å². The first-order valence-electron chi connectivity index (χ1n) is 3.42. The molecule has 0 amide bonds. The zero-order chi connectivity index (χ0) is 9.30. The first-order valence-corrected chi connectivity index (χ1v) is 3.42. The zero-order valence-electron chi connectivity index (χ0n) is 6.12. The first kappa shape index (κ1) is 9.16. The Morgan fingerprint density at radius 3 is 2.25 bits per heavy atom. The van der Waals surface area contributed by atoms with Gasteiger partial charge in [-0.1, -0.05) is 0 Å². The molecule has 1 aliphatic rings. The lowest BCUT2D eigenvalue weighted by atomic mass is 9.90. The zero-order valence-corrected chi connectivity index (χ0v) is 6.12. The minimum absolute atomic E-state index is 0.125. The van der Waals surface area contributed by atoms with Crippen molar-refractivity contribution in [1.29, 1.82) is 5.26 Å². The third kappa shape index (κ3) is 1.33. The van der Waals surface area contributed by atoms with Crippen molar-refractivity contribution in [2.45, 2.75) is 24.4 Å². The van der Waals surface area contributed by atoms with Gasteiger partial charge in [0.15, 0.2) is 0 Å². The van der Waals surface area contributed by atoms with Crippen LogP contribution in [0.2, 0.25) is 0 Å². The number of rotatable bonds is 0. The summed E-state index contributed by atoms with van der Waals surface area (Å²) in [6, 6.07) is 1.62. The quantitative estimate of drug-likeness (QED) is 0.334. The van der Waals surface area contributed by atoms with Gasteiger partial charge in [-0.25, -0.2) is 0 Å². The maximum atomic E-state index is 9.11. The molecule has 0 aromatic heterocycles. The molecule has 12 heavy (non-hydrogen) atoms. The summed E-state index contributed by atoms with van der Waals surface area (Å²) in [5, 5.41) is 44.6. The third-order valence-corrected chi connectivity index (χ3v) is 1.82. The second-order valence-corrected chi connectivity index (χ2v) is 2.65. The minimum Gasteiger partial charge on any atom is -0.387 e. The third-order valence-electron chi connectivity index (χ3n) is 1.82.